The molecule has 0 bridgehead atoms. The summed E-state index contributed by atoms with van der Waals surface area (Å²) in [6.07, 6.45) is 0. The zero-order valence-corrected chi connectivity index (χ0v) is 12.5. The van der Waals surface area contributed by atoms with E-state index in [1.807, 2.05) is 6.07 Å². The fraction of sp³-hybridized carbons (Fsp3) is 0.0667. The van der Waals surface area contributed by atoms with Gasteiger partial charge in [0.1, 0.15) is 11.7 Å². The van der Waals surface area contributed by atoms with E-state index >= 15 is 0 Å². The number of ketones is 1. The first-order chi connectivity index (χ1) is 9.56. The number of carbonyl (C=O) groups is 1. The third-order valence-electron chi connectivity index (χ3n) is 2.82. The molecule has 0 aliphatic rings. The van der Waals surface area contributed by atoms with Crippen LogP contribution in [-0.4, -0.2) is 5.78 Å². The van der Waals surface area contributed by atoms with Crippen LogP contribution in [0.3, 0.4) is 0 Å². The van der Waals surface area contributed by atoms with Crippen molar-refractivity contribution in [3.63, 3.8) is 0 Å². The Morgan fingerprint density at radius 3 is 2.60 bits per heavy atom. The van der Waals surface area contributed by atoms with Crippen molar-refractivity contribution >= 4 is 33.3 Å². The molecule has 20 heavy (non-hydrogen) atoms. The number of halogens is 3. The SMILES string of the molecule is N#CC(C(=O)c1cccc(F)c1Br)c1ccccc1Cl. The lowest BCUT2D eigenvalue weighted by molar-refractivity contribution is 0.0977. The van der Waals surface area contributed by atoms with Crippen molar-refractivity contribution in [3.05, 3.63) is 68.9 Å². The number of nitriles is 1. The van der Waals surface area contributed by atoms with Gasteiger partial charge in [0.15, 0.2) is 5.78 Å². The molecular formula is C15H8BrClFNO. The number of hydrogen-bond acceptors (Lipinski definition) is 2. The Balaban J connectivity index is 2.49. The molecule has 0 N–H and O–H groups in total. The number of nitrogens with zero attached hydrogens (tertiary/aromatic N) is 1. The molecule has 2 rings (SSSR count). The van der Waals surface area contributed by atoms with Crippen molar-refractivity contribution in [1.29, 1.82) is 5.26 Å². The topological polar surface area (TPSA) is 40.9 Å². The summed E-state index contributed by atoms with van der Waals surface area (Å²) in [7, 11) is 0. The molecule has 1 atom stereocenters. The smallest absolute Gasteiger partial charge is 0.185 e. The lowest BCUT2D eigenvalue weighted by Gasteiger charge is -2.11. The highest BCUT2D eigenvalue weighted by Gasteiger charge is 2.26. The van der Waals surface area contributed by atoms with E-state index in [-0.39, 0.29) is 10.0 Å². The average Bonchev–Trinajstić information content (AvgIpc) is 2.44. The molecule has 100 valence electrons. The quantitative estimate of drug-likeness (QED) is 0.749. The largest absolute Gasteiger partial charge is 0.292 e. The summed E-state index contributed by atoms with van der Waals surface area (Å²) in [6, 6.07) is 12.7. The fourth-order valence-electron chi connectivity index (χ4n) is 1.83. The summed E-state index contributed by atoms with van der Waals surface area (Å²) < 4.78 is 13.5. The molecule has 0 saturated heterocycles. The minimum absolute atomic E-state index is 0.0531. The van der Waals surface area contributed by atoms with Gasteiger partial charge in [-0.05, 0) is 39.7 Å². The molecule has 0 aromatic heterocycles. The standard InChI is InChI=1S/C15H8BrClFNO/c16-14-10(5-3-7-13(14)18)15(20)11(8-19)9-4-1-2-6-12(9)17/h1-7,11H. The van der Waals surface area contributed by atoms with E-state index in [1.165, 1.54) is 18.2 Å². The zero-order valence-electron chi connectivity index (χ0n) is 10.1. The molecule has 0 saturated carbocycles. The summed E-state index contributed by atoms with van der Waals surface area (Å²) in [6.45, 7) is 0. The molecule has 0 radical (unpaired) electrons. The summed E-state index contributed by atoms with van der Waals surface area (Å²) in [4.78, 5) is 12.4. The van der Waals surface area contributed by atoms with E-state index < -0.39 is 17.5 Å². The van der Waals surface area contributed by atoms with Gasteiger partial charge in [0.25, 0.3) is 0 Å². The maximum atomic E-state index is 13.5. The van der Waals surface area contributed by atoms with E-state index in [4.69, 9.17) is 11.6 Å². The van der Waals surface area contributed by atoms with Crippen LogP contribution in [0.15, 0.2) is 46.9 Å². The second-order valence-electron chi connectivity index (χ2n) is 4.05. The number of carbonyl (C=O) groups excluding carboxylic acids is 1. The molecule has 0 fully saturated rings. The highest BCUT2D eigenvalue weighted by Crippen LogP contribution is 2.30. The second kappa shape index (κ2) is 6.17. The fourth-order valence-corrected chi connectivity index (χ4v) is 2.53. The van der Waals surface area contributed by atoms with Crippen LogP contribution in [0.1, 0.15) is 21.8 Å². The van der Waals surface area contributed by atoms with E-state index in [9.17, 15) is 14.4 Å². The van der Waals surface area contributed by atoms with Gasteiger partial charge in [0.2, 0.25) is 0 Å². The summed E-state index contributed by atoms with van der Waals surface area (Å²) in [5.74, 6) is -2.11. The summed E-state index contributed by atoms with van der Waals surface area (Å²) in [5, 5.41) is 9.59. The van der Waals surface area contributed by atoms with Gasteiger partial charge in [-0.1, -0.05) is 35.9 Å². The van der Waals surface area contributed by atoms with Crippen LogP contribution >= 0.6 is 27.5 Å². The molecule has 2 aromatic carbocycles. The molecule has 5 heteroatoms. The normalized spacial score (nSPS) is 11.7. The Labute approximate surface area is 128 Å². The molecular weight excluding hydrogens is 345 g/mol. The minimum Gasteiger partial charge on any atom is -0.292 e. The van der Waals surface area contributed by atoms with Crippen LogP contribution in [0, 0.1) is 17.1 Å². The van der Waals surface area contributed by atoms with Crippen molar-refractivity contribution in [1.82, 2.24) is 0 Å². The van der Waals surface area contributed by atoms with E-state index in [2.05, 4.69) is 15.9 Å². The van der Waals surface area contributed by atoms with Crippen molar-refractivity contribution in [2.45, 2.75) is 5.92 Å². The number of rotatable bonds is 3. The molecule has 0 amide bonds. The zero-order chi connectivity index (χ0) is 14.7. The molecule has 2 nitrogen and oxygen atoms in total. The van der Waals surface area contributed by atoms with Gasteiger partial charge in [-0.15, -0.1) is 0 Å². The van der Waals surface area contributed by atoms with Gasteiger partial charge in [-0.3, -0.25) is 4.79 Å². The highest BCUT2D eigenvalue weighted by molar-refractivity contribution is 9.10. The minimum atomic E-state index is -1.07. The average molecular weight is 353 g/mol. The van der Waals surface area contributed by atoms with Gasteiger partial charge < -0.3 is 0 Å². The molecule has 1 unspecified atom stereocenters. The maximum absolute atomic E-state index is 13.5. The third-order valence-corrected chi connectivity index (χ3v) is 3.97. The predicted molar refractivity (Wildman–Crippen MR) is 78.2 cm³/mol. The van der Waals surface area contributed by atoms with Gasteiger partial charge in [0.05, 0.1) is 10.5 Å². The second-order valence-corrected chi connectivity index (χ2v) is 5.25. The Hall–Kier alpha value is -1.70. The van der Waals surface area contributed by atoms with Crippen LogP contribution < -0.4 is 0 Å². The first-order valence-corrected chi connectivity index (χ1v) is 6.85. The van der Waals surface area contributed by atoms with E-state index in [0.717, 1.165) is 0 Å². The van der Waals surface area contributed by atoms with Crippen molar-refractivity contribution in [3.8, 4) is 6.07 Å². The highest BCUT2D eigenvalue weighted by atomic mass is 79.9. The predicted octanol–water partition coefficient (Wildman–Crippen LogP) is 4.73. The van der Waals surface area contributed by atoms with Crippen LogP contribution in [0.25, 0.3) is 0 Å². The van der Waals surface area contributed by atoms with E-state index in [1.54, 1.807) is 24.3 Å². The third kappa shape index (κ3) is 2.74. The van der Waals surface area contributed by atoms with E-state index in [0.29, 0.717) is 10.6 Å². The van der Waals surface area contributed by atoms with Crippen molar-refractivity contribution in [2.75, 3.05) is 0 Å². The van der Waals surface area contributed by atoms with Crippen molar-refractivity contribution < 1.29 is 9.18 Å². The lowest BCUT2D eigenvalue weighted by atomic mass is 9.92. The van der Waals surface area contributed by atoms with Crippen LogP contribution in [0.5, 0.6) is 0 Å². The summed E-state index contributed by atoms with van der Waals surface area (Å²) >= 11 is 9.04. The van der Waals surface area contributed by atoms with Crippen molar-refractivity contribution in [2.24, 2.45) is 0 Å². The maximum Gasteiger partial charge on any atom is 0.185 e. The lowest BCUT2D eigenvalue weighted by Crippen LogP contribution is -2.13. The Bertz CT molecular complexity index is 711. The summed E-state index contributed by atoms with van der Waals surface area (Å²) in [5.41, 5.74) is 0.536. The van der Waals surface area contributed by atoms with Crippen LogP contribution in [-0.2, 0) is 0 Å². The van der Waals surface area contributed by atoms with Gasteiger partial charge in [-0.2, -0.15) is 5.26 Å². The number of benzene rings is 2. The Kier molecular flexibility index (Phi) is 4.53. The Morgan fingerprint density at radius 2 is 1.95 bits per heavy atom. The monoisotopic (exact) mass is 351 g/mol. The molecule has 0 heterocycles. The molecule has 2 aromatic rings. The first kappa shape index (κ1) is 14.7. The number of hydrogen-bond donors (Lipinski definition) is 0. The Morgan fingerprint density at radius 1 is 1.25 bits per heavy atom. The van der Waals surface area contributed by atoms with Crippen LogP contribution in [0.4, 0.5) is 4.39 Å². The molecule has 0 aliphatic carbocycles. The molecule has 0 spiro atoms. The van der Waals surface area contributed by atoms with Gasteiger partial charge in [0, 0.05) is 10.6 Å². The van der Waals surface area contributed by atoms with Crippen LogP contribution in [0.2, 0.25) is 5.02 Å². The number of Topliss-reactive ketones (excluding diaryl/α,β-unsaturated/α-hetero) is 1. The first-order valence-electron chi connectivity index (χ1n) is 5.68. The molecule has 0 aliphatic heterocycles. The van der Waals surface area contributed by atoms with Gasteiger partial charge >= 0.3 is 0 Å². The van der Waals surface area contributed by atoms with Gasteiger partial charge in [-0.25, -0.2) is 4.39 Å².